The molecule has 2 unspecified atom stereocenters. The van der Waals surface area contributed by atoms with E-state index in [1.165, 1.54) is 12.8 Å². The smallest absolute Gasteiger partial charge is 0.0728 e. The molecular weight excluding hydrogens is 268 g/mol. The molecule has 21 heavy (non-hydrogen) atoms. The molecule has 1 aliphatic rings. The van der Waals surface area contributed by atoms with Gasteiger partial charge in [-0.05, 0) is 50.2 Å². The van der Waals surface area contributed by atoms with Gasteiger partial charge in [0.15, 0.2) is 0 Å². The second kappa shape index (κ2) is 6.78. The van der Waals surface area contributed by atoms with Crippen molar-refractivity contribution in [2.75, 3.05) is 0 Å². The molecule has 0 radical (unpaired) electrons. The summed E-state index contributed by atoms with van der Waals surface area (Å²) < 4.78 is 0. The Morgan fingerprint density at radius 1 is 1.10 bits per heavy atom. The normalized spacial score (nSPS) is 21.0. The first-order valence-electron chi connectivity index (χ1n) is 8.39. The van der Waals surface area contributed by atoms with Gasteiger partial charge in [0.25, 0.3) is 0 Å². The molecule has 0 saturated carbocycles. The van der Waals surface area contributed by atoms with Gasteiger partial charge in [-0.25, -0.2) is 0 Å². The second-order valence-corrected chi connectivity index (χ2v) is 8.72. The van der Waals surface area contributed by atoms with Crippen LogP contribution in [0, 0.1) is 11.8 Å². The molecule has 0 fully saturated rings. The monoisotopic (exact) mass is 298 g/mol. The Hall–Kier alpha value is -1.08. The van der Waals surface area contributed by atoms with Crippen LogP contribution in [0.25, 0.3) is 0 Å². The third-order valence-electron chi connectivity index (χ3n) is 5.57. The van der Waals surface area contributed by atoms with Gasteiger partial charge in [-0.3, -0.25) is 0 Å². The van der Waals surface area contributed by atoms with Gasteiger partial charge in [0, 0.05) is 0 Å². The predicted octanol–water partition coefficient (Wildman–Crippen LogP) is 4.33. The molecule has 1 aromatic rings. The molecule has 0 aromatic heterocycles. The third kappa shape index (κ3) is 3.40. The van der Waals surface area contributed by atoms with Crippen molar-refractivity contribution in [3.8, 4) is 0 Å². The maximum Gasteiger partial charge on any atom is 0.0839 e. The zero-order valence-corrected chi connectivity index (χ0v) is 16.0. The molecule has 0 N–H and O–H groups in total. The molecule has 0 spiro atoms. The van der Waals surface area contributed by atoms with Gasteiger partial charge in [0.2, 0.25) is 0 Å². The second-order valence-electron chi connectivity index (χ2n) is 6.84. The summed E-state index contributed by atoms with van der Waals surface area (Å²) in [6.45, 7) is 14.0. The molecule has 0 saturated heterocycles. The lowest BCUT2D eigenvalue weighted by Gasteiger charge is -2.17. The van der Waals surface area contributed by atoms with Crippen molar-refractivity contribution < 1.29 is 0 Å². The Bertz CT molecular complexity index is 577. The summed E-state index contributed by atoms with van der Waals surface area (Å²) in [5.74, 6) is 1.46. The van der Waals surface area contributed by atoms with Crippen LogP contribution in [-0.4, -0.2) is 9.52 Å². The van der Waals surface area contributed by atoms with Gasteiger partial charge < -0.3 is 0 Å². The summed E-state index contributed by atoms with van der Waals surface area (Å²) in [4.78, 5) is 0. The number of allylic oxidation sites excluding steroid dienone is 4. The van der Waals surface area contributed by atoms with Crippen LogP contribution in [0.3, 0.4) is 0 Å². The summed E-state index contributed by atoms with van der Waals surface area (Å²) >= 11 is 0. The van der Waals surface area contributed by atoms with Crippen LogP contribution in [0.4, 0.5) is 0 Å². The molecule has 0 bridgehead atoms. The molecule has 0 aliphatic heterocycles. The highest BCUT2D eigenvalue weighted by Crippen LogP contribution is 2.35. The molecule has 2 atom stereocenters. The standard InChI is InChI=1S/C20H30Si/c1-7-13(2)12-18-10-8-9-11-19(18)21-20-16(5)14(3)15(4)17(20)6/h8-11,13,16H,7,12,21H2,1-6H3. The Labute approximate surface area is 133 Å². The van der Waals surface area contributed by atoms with E-state index in [1.807, 2.05) is 0 Å². The lowest BCUT2D eigenvalue weighted by Crippen LogP contribution is -2.24. The summed E-state index contributed by atoms with van der Waals surface area (Å²) in [5, 5.41) is 3.43. The van der Waals surface area contributed by atoms with E-state index in [2.05, 4.69) is 65.8 Å². The van der Waals surface area contributed by atoms with Crippen molar-refractivity contribution in [1.29, 1.82) is 0 Å². The van der Waals surface area contributed by atoms with E-state index in [1.54, 1.807) is 32.7 Å². The van der Waals surface area contributed by atoms with Crippen LogP contribution in [0.1, 0.15) is 53.5 Å². The minimum Gasteiger partial charge on any atom is -0.0728 e. The highest BCUT2D eigenvalue weighted by Gasteiger charge is 2.24. The van der Waals surface area contributed by atoms with E-state index >= 15 is 0 Å². The average molecular weight is 299 g/mol. The first-order valence-corrected chi connectivity index (χ1v) is 9.81. The van der Waals surface area contributed by atoms with Gasteiger partial charge in [0.1, 0.15) is 0 Å². The maximum absolute atomic E-state index is 2.40. The maximum atomic E-state index is 2.40. The average Bonchev–Trinajstić information content (AvgIpc) is 2.66. The molecule has 1 aliphatic carbocycles. The van der Waals surface area contributed by atoms with Crippen molar-refractivity contribution in [3.05, 3.63) is 51.7 Å². The fourth-order valence-corrected chi connectivity index (χ4v) is 5.68. The molecular formula is C20H30Si. The zero-order chi connectivity index (χ0) is 15.6. The molecule has 0 heterocycles. The fraction of sp³-hybridized carbons (Fsp3) is 0.500. The van der Waals surface area contributed by atoms with Crippen molar-refractivity contribution >= 4 is 14.7 Å². The van der Waals surface area contributed by atoms with Gasteiger partial charge in [0.05, 0.1) is 9.52 Å². The Morgan fingerprint density at radius 3 is 2.33 bits per heavy atom. The molecule has 0 amide bonds. The van der Waals surface area contributed by atoms with Gasteiger partial charge in [-0.2, -0.15) is 0 Å². The van der Waals surface area contributed by atoms with Crippen LogP contribution < -0.4 is 5.19 Å². The molecule has 2 rings (SSSR count). The number of hydrogen-bond donors (Lipinski definition) is 0. The highest BCUT2D eigenvalue weighted by molar-refractivity contribution is 6.62. The number of rotatable bonds is 5. The van der Waals surface area contributed by atoms with Gasteiger partial charge in [-0.15, -0.1) is 0 Å². The van der Waals surface area contributed by atoms with E-state index in [-0.39, 0.29) is 9.52 Å². The highest BCUT2D eigenvalue weighted by atomic mass is 28.2. The molecule has 114 valence electrons. The summed E-state index contributed by atoms with van der Waals surface area (Å²) in [6, 6.07) is 9.19. The van der Waals surface area contributed by atoms with Crippen LogP contribution >= 0.6 is 0 Å². The third-order valence-corrected chi connectivity index (χ3v) is 8.17. The van der Waals surface area contributed by atoms with Crippen molar-refractivity contribution in [2.24, 2.45) is 11.8 Å². The van der Waals surface area contributed by atoms with Crippen LogP contribution in [0.5, 0.6) is 0 Å². The van der Waals surface area contributed by atoms with E-state index < -0.39 is 0 Å². The van der Waals surface area contributed by atoms with E-state index in [0.717, 1.165) is 5.92 Å². The Morgan fingerprint density at radius 2 is 1.76 bits per heavy atom. The van der Waals surface area contributed by atoms with Crippen LogP contribution in [0.2, 0.25) is 0 Å². The zero-order valence-electron chi connectivity index (χ0n) is 14.6. The SMILES string of the molecule is CCC(C)Cc1ccccc1[SiH2]C1=C(C)C(C)=C(C)C1C. The Balaban J connectivity index is 2.26. The largest absolute Gasteiger partial charge is 0.0839 e. The van der Waals surface area contributed by atoms with Gasteiger partial charge >= 0.3 is 0 Å². The van der Waals surface area contributed by atoms with Crippen molar-refractivity contribution in [2.45, 2.75) is 54.4 Å². The van der Waals surface area contributed by atoms with E-state index in [9.17, 15) is 0 Å². The van der Waals surface area contributed by atoms with Gasteiger partial charge in [-0.1, -0.05) is 73.0 Å². The summed E-state index contributed by atoms with van der Waals surface area (Å²) in [7, 11) is -0.335. The van der Waals surface area contributed by atoms with Crippen molar-refractivity contribution in [3.63, 3.8) is 0 Å². The van der Waals surface area contributed by atoms with E-state index in [0.29, 0.717) is 5.92 Å². The molecule has 0 nitrogen and oxygen atoms in total. The first-order chi connectivity index (χ1) is 9.95. The molecule has 1 heteroatoms. The molecule has 1 aromatic carbocycles. The van der Waals surface area contributed by atoms with Crippen LogP contribution in [0.15, 0.2) is 46.2 Å². The number of hydrogen-bond acceptors (Lipinski definition) is 0. The Kier molecular flexibility index (Phi) is 5.26. The first kappa shape index (κ1) is 16.3. The minimum absolute atomic E-state index is 0.335. The topological polar surface area (TPSA) is 0 Å². The lowest BCUT2D eigenvalue weighted by atomic mass is 9.99. The van der Waals surface area contributed by atoms with Crippen LogP contribution in [-0.2, 0) is 6.42 Å². The summed E-state index contributed by atoms with van der Waals surface area (Å²) in [6.07, 6.45) is 2.51. The predicted molar refractivity (Wildman–Crippen MR) is 98.0 cm³/mol. The lowest BCUT2D eigenvalue weighted by molar-refractivity contribution is 0.561. The summed E-state index contributed by atoms with van der Waals surface area (Å²) in [5.41, 5.74) is 6.33. The van der Waals surface area contributed by atoms with Crippen molar-refractivity contribution in [1.82, 2.24) is 0 Å². The van der Waals surface area contributed by atoms with E-state index in [4.69, 9.17) is 0 Å². The minimum atomic E-state index is -0.335. The quantitative estimate of drug-likeness (QED) is 0.710. The fourth-order valence-electron chi connectivity index (χ4n) is 3.39. The number of benzene rings is 1.